The molecule has 1 aliphatic rings. The van der Waals surface area contributed by atoms with Gasteiger partial charge >= 0.3 is 0 Å². The number of hydrogen-bond donors (Lipinski definition) is 1. The van der Waals surface area contributed by atoms with Crippen molar-refractivity contribution < 1.29 is 0 Å². The predicted molar refractivity (Wildman–Crippen MR) is 83.5 cm³/mol. The Morgan fingerprint density at radius 2 is 2.00 bits per heavy atom. The molecule has 1 aliphatic heterocycles. The maximum absolute atomic E-state index is 3.66. The van der Waals surface area contributed by atoms with E-state index in [4.69, 9.17) is 0 Å². The summed E-state index contributed by atoms with van der Waals surface area (Å²) in [6, 6.07) is 7.35. The highest BCUT2D eigenvalue weighted by atomic mass is 79.9. The lowest BCUT2D eigenvalue weighted by atomic mass is 10.0. The number of nitrogens with zero attached hydrogens (tertiary/aromatic N) is 1. The molecular weight excluding hydrogens is 312 g/mol. The molecule has 1 saturated heterocycles. The summed E-state index contributed by atoms with van der Waals surface area (Å²) >= 11 is 3.66. The van der Waals surface area contributed by atoms with E-state index in [0.29, 0.717) is 6.04 Å². The number of piperidine rings is 1. The Morgan fingerprint density at radius 1 is 1.33 bits per heavy atom. The van der Waals surface area contributed by atoms with E-state index in [0.717, 1.165) is 6.54 Å². The van der Waals surface area contributed by atoms with Crippen LogP contribution >= 0.6 is 28.3 Å². The summed E-state index contributed by atoms with van der Waals surface area (Å²) < 4.78 is 1.24. The third-order valence-corrected chi connectivity index (χ3v) is 4.34. The van der Waals surface area contributed by atoms with Crippen LogP contribution < -0.4 is 5.32 Å². The van der Waals surface area contributed by atoms with Crippen molar-refractivity contribution >= 4 is 28.3 Å². The summed E-state index contributed by atoms with van der Waals surface area (Å²) in [5.74, 6) is 0. The number of halogens is 2. The molecule has 2 rings (SSSR count). The molecule has 1 aromatic rings. The molecule has 0 amide bonds. The van der Waals surface area contributed by atoms with Crippen molar-refractivity contribution in [1.29, 1.82) is 0 Å². The van der Waals surface area contributed by atoms with Gasteiger partial charge in [-0.2, -0.15) is 0 Å². The van der Waals surface area contributed by atoms with E-state index < -0.39 is 0 Å². The van der Waals surface area contributed by atoms with Crippen LogP contribution in [0.4, 0.5) is 0 Å². The van der Waals surface area contributed by atoms with Gasteiger partial charge in [-0.05, 0) is 57.1 Å². The molecule has 0 bridgehead atoms. The first-order valence-corrected chi connectivity index (χ1v) is 7.13. The number of aryl methyl sites for hydroxylation is 1. The van der Waals surface area contributed by atoms with Gasteiger partial charge in [0, 0.05) is 17.1 Å². The van der Waals surface area contributed by atoms with Gasteiger partial charge in [0.05, 0.1) is 0 Å². The summed E-state index contributed by atoms with van der Waals surface area (Å²) in [5, 5.41) is 3.37. The third-order valence-electron chi connectivity index (χ3n) is 3.60. The van der Waals surface area contributed by atoms with E-state index in [-0.39, 0.29) is 12.4 Å². The Kier molecular flexibility index (Phi) is 6.64. The molecule has 0 unspecified atom stereocenters. The number of rotatable bonds is 3. The monoisotopic (exact) mass is 332 g/mol. The lowest BCUT2D eigenvalue weighted by Crippen LogP contribution is -2.40. The van der Waals surface area contributed by atoms with E-state index in [1.165, 1.54) is 41.5 Å². The van der Waals surface area contributed by atoms with Crippen molar-refractivity contribution in [3.05, 3.63) is 33.8 Å². The molecule has 1 heterocycles. The molecule has 1 N–H and O–H groups in total. The molecule has 18 heavy (non-hydrogen) atoms. The molecule has 1 aromatic carbocycles. The van der Waals surface area contributed by atoms with Crippen molar-refractivity contribution in [3.8, 4) is 0 Å². The highest BCUT2D eigenvalue weighted by Gasteiger charge is 2.18. The number of likely N-dealkylation sites (tertiary alicyclic amines) is 1. The van der Waals surface area contributed by atoms with Crippen molar-refractivity contribution in [3.63, 3.8) is 0 Å². The maximum Gasteiger partial charge on any atom is 0.0244 e. The first kappa shape index (κ1) is 16.0. The quantitative estimate of drug-likeness (QED) is 0.912. The Labute approximate surface area is 125 Å². The van der Waals surface area contributed by atoms with Gasteiger partial charge in [0.25, 0.3) is 0 Å². The Balaban J connectivity index is 0.00000162. The average molecular weight is 334 g/mol. The molecule has 1 fully saturated rings. The van der Waals surface area contributed by atoms with Gasteiger partial charge < -0.3 is 5.32 Å². The fraction of sp³-hybridized carbons (Fsp3) is 0.571. The number of benzene rings is 1. The van der Waals surface area contributed by atoms with Crippen LogP contribution in [0.3, 0.4) is 0 Å². The van der Waals surface area contributed by atoms with Gasteiger partial charge in [0.2, 0.25) is 0 Å². The third kappa shape index (κ3) is 4.23. The predicted octanol–water partition coefficient (Wildman–Crippen LogP) is 3.36. The first-order valence-electron chi connectivity index (χ1n) is 6.33. The van der Waals surface area contributed by atoms with E-state index >= 15 is 0 Å². The van der Waals surface area contributed by atoms with Crippen LogP contribution in [0.25, 0.3) is 0 Å². The van der Waals surface area contributed by atoms with Crippen molar-refractivity contribution in [2.75, 3.05) is 20.1 Å². The highest BCUT2D eigenvalue weighted by Crippen LogP contribution is 2.21. The molecular formula is C14H22BrClN2. The van der Waals surface area contributed by atoms with Gasteiger partial charge in [-0.1, -0.05) is 28.1 Å². The maximum atomic E-state index is 3.66. The van der Waals surface area contributed by atoms with E-state index in [1.54, 1.807) is 0 Å². The molecule has 0 spiro atoms. The topological polar surface area (TPSA) is 15.3 Å². The van der Waals surface area contributed by atoms with Gasteiger partial charge in [0.15, 0.2) is 0 Å². The van der Waals surface area contributed by atoms with E-state index in [1.807, 2.05) is 0 Å². The Morgan fingerprint density at radius 3 is 2.56 bits per heavy atom. The average Bonchev–Trinajstić information content (AvgIpc) is 2.34. The molecule has 2 nitrogen and oxygen atoms in total. The minimum absolute atomic E-state index is 0. The smallest absolute Gasteiger partial charge is 0.0244 e. The SMILES string of the molecule is CNC1CCN(Cc2ccc(C)cc2Br)CC1.Cl. The van der Waals surface area contributed by atoms with Crippen LogP contribution in [0, 0.1) is 6.92 Å². The molecule has 0 saturated carbocycles. The minimum atomic E-state index is 0. The number of nitrogens with one attached hydrogen (secondary N) is 1. The molecule has 0 aliphatic carbocycles. The van der Waals surface area contributed by atoms with Crippen molar-refractivity contribution in [1.82, 2.24) is 10.2 Å². The zero-order valence-corrected chi connectivity index (χ0v) is 13.5. The van der Waals surface area contributed by atoms with E-state index in [2.05, 4.69) is 58.3 Å². The molecule has 4 heteroatoms. The van der Waals surface area contributed by atoms with Gasteiger partial charge in [-0.15, -0.1) is 12.4 Å². The van der Waals surface area contributed by atoms with Crippen LogP contribution in [0.1, 0.15) is 24.0 Å². The second kappa shape index (κ2) is 7.49. The summed E-state index contributed by atoms with van der Waals surface area (Å²) in [7, 11) is 2.07. The lowest BCUT2D eigenvalue weighted by molar-refractivity contribution is 0.194. The fourth-order valence-corrected chi connectivity index (χ4v) is 3.02. The normalized spacial score (nSPS) is 17.5. The standard InChI is InChI=1S/C14H21BrN2.ClH/c1-11-3-4-12(14(15)9-11)10-17-7-5-13(16-2)6-8-17;/h3-4,9,13,16H,5-8,10H2,1-2H3;1H. The molecule has 0 atom stereocenters. The zero-order valence-electron chi connectivity index (χ0n) is 11.1. The van der Waals surface area contributed by atoms with Gasteiger partial charge in [-0.3, -0.25) is 4.90 Å². The first-order chi connectivity index (χ1) is 8.19. The Bertz CT molecular complexity index is 376. The summed E-state index contributed by atoms with van der Waals surface area (Å²) in [6.45, 7) is 5.60. The zero-order chi connectivity index (χ0) is 12.3. The summed E-state index contributed by atoms with van der Waals surface area (Å²) in [4.78, 5) is 2.54. The van der Waals surface area contributed by atoms with E-state index in [9.17, 15) is 0 Å². The van der Waals surface area contributed by atoms with Gasteiger partial charge in [0.1, 0.15) is 0 Å². The Hall–Kier alpha value is -0.0900. The van der Waals surface area contributed by atoms with Crippen molar-refractivity contribution in [2.24, 2.45) is 0 Å². The largest absolute Gasteiger partial charge is 0.317 e. The summed E-state index contributed by atoms with van der Waals surface area (Å²) in [6.07, 6.45) is 2.53. The second-order valence-corrected chi connectivity index (χ2v) is 5.79. The van der Waals surface area contributed by atoms with Crippen LogP contribution in [0.2, 0.25) is 0 Å². The number of hydrogen-bond acceptors (Lipinski definition) is 2. The summed E-state index contributed by atoms with van der Waals surface area (Å²) in [5.41, 5.74) is 2.72. The highest BCUT2D eigenvalue weighted by molar-refractivity contribution is 9.10. The van der Waals surface area contributed by atoms with Crippen LogP contribution in [0.5, 0.6) is 0 Å². The minimum Gasteiger partial charge on any atom is -0.317 e. The lowest BCUT2D eigenvalue weighted by Gasteiger charge is -2.32. The van der Waals surface area contributed by atoms with Crippen LogP contribution in [-0.4, -0.2) is 31.1 Å². The fourth-order valence-electron chi connectivity index (χ4n) is 2.40. The van der Waals surface area contributed by atoms with Crippen molar-refractivity contribution in [2.45, 2.75) is 32.4 Å². The van der Waals surface area contributed by atoms with Crippen LogP contribution in [0.15, 0.2) is 22.7 Å². The molecule has 102 valence electrons. The van der Waals surface area contributed by atoms with Crippen LogP contribution in [-0.2, 0) is 6.54 Å². The molecule has 0 radical (unpaired) electrons. The molecule has 0 aromatic heterocycles. The second-order valence-electron chi connectivity index (χ2n) is 4.93. The van der Waals surface area contributed by atoms with Gasteiger partial charge in [-0.25, -0.2) is 0 Å².